The van der Waals surface area contributed by atoms with E-state index in [1.165, 1.54) is 0 Å². The summed E-state index contributed by atoms with van der Waals surface area (Å²) in [5, 5.41) is 3.88. The van der Waals surface area contributed by atoms with Crippen LogP contribution in [0.4, 0.5) is 0 Å². The minimum absolute atomic E-state index is 0.0111. The molecule has 1 atom stereocenters. The van der Waals surface area contributed by atoms with Crippen molar-refractivity contribution in [3.8, 4) is 0 Å². The van der Waals surface area contributed by atoms with E-state index >= 15 is 0 Å². The van der Waals surface area contributed by atoms with Crippen LogP contribution in [0.5, 0.6) is 0 Å². The van der Waals surface area contributed by atoms with Gasteiger partial charge in [0.25, 0.3) is 5.91 Å². The van der Waals surface area contributed by atoms with Crippen molar-refractivity contribution in [2.24, 2.45) is 13.0 Å². The molecule has 0 radical (unpaired) electrons. The molecule has 1 amide bonds. The number of nitrogens with zero attached hydrogens (tertiary/aromatic N) is 4. The van der Waals surface area contributed by atoms with Gasteiger partial charge in [0.1, 0.15) is 5.76 Å². The average Bonchev–Trinajstić information content (AvgIpc) is 3.22. The number of hydrogen-bond acceptors (Lipinski definition) is 5. The highest BCUT2D eigenvalue weighted by Gasteiger charge is 2.32. The van der Waals surface area contributed by atoms with Gasteiger partial charge in [-0.2, -0.15) is 0 Å². The van der Waals surface area contributed by atoms with Gasteiger partial charge in [-0.15, -0.1) is 0 Å². The molecule has 1 fully saturated rings. The molecule has 0 bridgehead atoms. The second-order valence-electron chi connectivity index (χ2n) is 6.59. The van der Waals surface area contributed by atoms with Crippen LogP contribution < -0.4 is 0 Å². The first-order chi connectivity index (χ1) is 11.5. The van der Waals surface area contributed by atoms with E-state index in [0.29, 0.717) is 30.4 Å². The lowest BCUT2D eigenvalue weighted by molar-refractivity contribution is 0.0624. The third kappa shape index (κ3) is 3.11. The standard InChI is InChI=1S/C17H22N4O3/c1-11(2)14-9-13(19-24-14)17(23)21-7-4-5-12(10-21)15(22)16-18-6-8-20(16)3/h6,8-9,11-12H,4-5,7,10H2,1-3H3/t12-/m0/s1. The van der Waals surface area contributed by atoms with Crippen LogP contribution in [0.25, 0.3) is 0 Å². The maximum absolute atomic E-state index is 12.6. The fraction of sp³-hybridized carbons (Fsp3) is 0.529. The van der Waals surface area contributed by atoms with Gasteiger partial charge < -0.3 is 14.0 Å². The fourth-order valence-corrected chi connectivity index (χ4v) is 2.99. The third-order valence-corrected chi connectivity index (χ3v) is 4.44. The van der Waals surface area contributed by atoms with Crippen molar-refractivity contribution in [1.29, 1.82) is 0 Å². The predicted octanol–water partition coefficient (Wildman–Crippen LogP) is 2.27. The zero-order chi connectivity index (χ0) is 17.3. The number of amides is 1. The van der Waals surface area contributed by atoms with Crippen LogP contribution in [0.15, 0.2) is 23.0 Å². The van der Waals surface area contributed by atoms with E-state index in [-0.39, 0.29) is 23.5 Å². The van der Waals surface area contributed by atoms with Gasteiger partial charge in [0.15, 0.2) is 11.5 Å². The third-order valence-electron chi connectivity index (χ3n) is 4.44. The normalized spacial score (nSPS) is 18.2. The zero-order valence-corrected chi connectivity index (χ0v) is 14.2. The van der Waals surface area contributed by atoms with E-state index in [1.54, 1.807) is 35.0 Å². The van der Waals surface area contributed by atoms with Crippen LogP contribution in [-0.2, 0) is 7.05 Å². The van der Waals surface area contributed by atoms with Gasteiger partial charge in [0, 0.05) is 50.4 Å². The van der Waals surface area contributed by atoms with Crippen molar-refractivity contribution in [3.63, 3.8) is 0 Å². The number of hydrogen-bond donors (Lipinski definition) is 0. The highest BCUT2D eigenvalue weighted by Crippen LogP contribution is 2.23. The van der Waals surface area contributed by atoms with Crippen molar-refractivity contribution in [1.82, 2.24) is 19.6 Å². The van der Waals surface area contributed by atoms with Gasteiger partial charge in [-0.1, -0.05) is 19.0 Å². The van der Waals surface area contributed by atoms with Crippen molar-refractivity contribution < 1.29 is 14.1 Å². The van der Waals surface area contributed by atoms with Crippen molar-refractivity contribution in [3.05, 3.63) is 35.7 Å². The van der Waals surface area contributed by atoms with E-state index in [1.807, 2.05) is 13.8 Å². The molecule has 2 aromatic heterocycles. The highest BCUT2D eigenvalue weighted by atomic mass is 16.5. The SMILES string of the molecule is CC(C)c1cc(C(=O)N2CCC[C@H](C(=O)c3nccn3C)C2)no1. The minimum atomic E-state index is -0.222. The number of rotatable bonds is 4. The van der Waals surface area contributed by atoms with E-state index in [4.69, 9.17) is 4.52 Å². The van der Waals surface area contributed by atoms with Gasteiger partial charge in [0.05, 0.1) is 0 Å². The molecule has 0 N–H and O–H groups in total. The lowest BCUT2D eigenvalue weighted by atomic mass is 9.93. The quantitative estimate of drug-likeness (QED) is 0.803. The molecule has 2 aromatic rings. The first-order valence-corrected chi connectivity index (χ1v) is 8.24. The first-order valence-electron chi connectivity index (χ1n) is 8.24. The Balaban J connectivity index is 1.72. The molecular formula is C17H22N4O3. The summed E-state index contributed by atoms with van der Waals surface area (Å²) >= 11 is 0. The number of likely N-dealkylation sites (tertiary alicyclic amines) is 1. The Morgan fingerprint density at radius 2 is 2.17 bits per heavy atom. The highest BCUT2D eigenvalue weighted by molar-refractivity contribution is 5.96. The summed E-state index contributed by atoms with van der Waals surface area (Å²) in [5.74, 6) is 0.901. The smallest absolute Gasteiger partial charge is 0.276 e. The Bertz CT molecular complexity index is 747. The molecule has 0 spiro atoms. The summed E-state index contributed by atoms with van der Waals surface area (Å²) in [7, 11) is 1.80. The molecule has 1 saturated heterocycles. The average molecular weight is 330 g/mol. The number of imidazole rings is 1. The molecular weight excluding hydrogens is 308 g/mol. The molecule has 3 rings (SSSR count). The molecule has 3 heterocycles. The van der Waals surface area contributed by atoms with Crippen molar-refractivity contribution in [2.45, 2.75) is 32.6 Å². The van der Waals surface area contributed by atoms with Gasteiger partial charge in [-0.05, 0) is 12.8 Å². The van der Waals surface area contributed by atoms with E-state index in [9.17, 15) is 9.59 Å². The number of aromatic nitrogens is 3. The van der Waals surface area contributed by atoms with E-state index in [2.05, 4.69) is 10.1 Å². The van der Waals surface area contributed by atoms with E-state index < -0.39 is 0 Å². The Morgan fingerprint density at radius 1 is 1.38 bits per heavy atom. The molecule has 1 aliphatic heterocycles. The number of Topliss-reactive ketones (excluding diaryl/α,β-unsaturated/α-hetero) is 1. The largest absolute Gasteiger partial charge is 0.360 e. The summed E-state index contributed by atoms with van der Waals surface area (Å²) in [4.78, 5) is 31.1. The van der Waals surface area contributed by atoms with Crippen LogP contribution in [-0.4, -0.2) is 44.4 Å². The summed E-state index contributed by atoms with van der Waals surface area (Å²) in [6, 6.07) is 1.69. The molecule has 0 saturated carbocycles. The van der Waals surface area contributed by atoms with Gasteiger partial charge in [-0.25, -0.2) is 4.98 Å². The van der Waals surface area contributed by atoms with Crippen LogP contribution in [0.1, 0.15) is 59.5 Å². The van der Waals surface area contributed by atoms with E-state index in [0.717, 1.165) is 12.8 Å². The molecule has 0 unspecified atom stereocenters. The number of carbonyl (C=O) groups is 2. The molecule has 128 valence electrons. The lowest BCUT2D eigenvalue weighted by Crippen LogP contribution is -2.42. The predicted molar refractivity (Wildman–Crippen MR) is 86.8 cm³/mol. The van der Waals surface area contributed by atoms with Gasteiger partial charge in [-0.3, -0.25) is 9.59 Å². The topological polar surface area (TPSA) is 81.2 Å². The van der Waals surface area contributed by atoms with Crippen LogP contribution in [0.3, 0.4) is 0 Å². The number of ketones is 1. The van der Waals surface area contributed by atoms with Crippen LogP contribution in [0.2, 0.25) is 0 Å². The van der Waals surface area contributed by atoms with Gasteiger partial charge in [0.2, 0.25) is 5.78 Å². The second kappa shape index (κ2) is 6.59. The van der Waals surface area contributed by atoms with Crippen molar-refractivity contribution in [2.75, 3.05) is 13.1 Å². The number of piperidine rings is 1. The number of aryl methyl sites for hydroxylation is 1. The maximum atomic E-state index is 12.6. The summed E-state index contributed by atoms with van der Waals surface area (Å²) in [6.07, 6.45) is 4.93. The van der Waals surface area contributed by atoms with Crippen molar-refractivity contribution >= 4 is 11.7 Å². The second-order valence-corrected chi connectivity index (χ2v) is 6.59. The molecule has 7 heteroatoms. The fourth-order valence-electron chi connectivity index (χ4n) is 2.99. The minimum Gasteiger partial charge on any atom is -0.360 e. The van der Waals surface area contributed by atoms with Gasteiger partial charge >= 0.3 is 0 Å². The monoisotopic (exact) mass is 330 g/mol. The summed E-state index contributed by atoms with van der Waals surface area (Å²) in [6.45, 7) is 5.00. The Labute approximate surface area is 140 Å². The lowest BCUT2D eigenvalue weighted by Gasteiger charge is -2.31. The molecule has 24 heavy (non-hydrogen) atoms. The molecule has 0 aliphatic carbocycles. The number of carbonyl (C=O) groups excluding carboxylic acids is 2. The maximum Gasteiger partial charge on any atom is 0.276 e. The van der Waals surface area contributed by atoms with Crippen LogP contribution in [0, 0.1) is 5.92 Å². The molecule has 1 aliphatic rings. The Hall–Kier alpha value is -2.44. The molecule has 0 aromatic carbocycles. The Kier molecular flexibility index (Phi) is 4.51. The molecule has 7 nitrogen and oxygen atoms in total. The zero-order valence-electron chi connectivity index (χ0n) is 14.2. The van der Waals surface area contributed by atoms with Crippen LogP contribution >= 0.6 is 0 Å². The first kappa shape index (κ1) is 16.4. The Morgan fingerprint density at radius 3 is 2.79 bits per heavy atom. The summed E-state index contributed by atoms with van der Waals surface area (Å²) in [5.41, 5.74) is 0.309. The summed E-state index contributed by atoms with van der Waals surface area (Å²) < 4.78 is 6.93.